The molecule has 2 aliphatic rings. The summed E-state index contributed by atoms with van der Waals surface area (Å²) in [6.45, 7) is 11.2. The Morgan fingerprint density at radius 1 is 0.826 bits per heavy atom. The molecule has 7 heteroatoms. The first-order valence-electron chi connectivity index (χ1n) is 7.84. The van der Waals surface area contributed by atoms with Crippen LogP contribution in [0.1, 0.15) is 0 Å². The fraction of sp³-hybridized carbons (Fsp3) is 0.750. The molecular formula is C16H26O7. The van der Waals surface area contributed by atoms with Gasteiger partial charge in [0, 0.05) is 0 Å². The maximum Gasteiger partial charge on any atom is 0.189 e. The number of epoxide rings is 2. The Bertz CT molecular complexity index is 309. The molecule has 0 aromatic heterocycles. The van der Waals surface area contributed by atoms with E-state index >= 15 is 0 Å². The van der Waals surface area contributed by atoms with Gasteiger partial charge in [0.2, 0.25) is 0 Å². The van der Waals surface area contributed by atoms with Gasteiger partial charge in [-0.15, -0.1) is 13.2 Å². The smallest absolute Gasteiger partial charge is 0.189 e. The standard InChI is InChI=1S/C16H26O7/c1-3-5-17-7-9-19-15(13-11-21-13)23-16(14-12-22-14)20-10-8-18-6-4-2/h3-4,13-16H,1-2,5-12H2. The maximum atomic E-state index is 5.87. The summed E-state index contributed by atoms with van der Waals surface area (Å²) in [6.07, 6.45) is 2.31. The normalized spacial score (nSPS) is 24.9. The number of rotatable bonds is 16. The molecular weight excluding hydrogens is 304 g/mol. The molecule has 23 heavy (non-hydrogen) atoms. The van der Waals surface area contributed by atoms with Crippen LogP contribution in [-0.4, -0.2) is 77.6 Å². The van der Waals surface area contributed by atoms with Gasteiger partial charge in [-0.3, -0.25) is 0 Å². The monoisotopic (exact) mass is 330 g/mol. The minimum absolute atomic E-state index is 0.0590. The zero-order valence-electron chi connectivity index (χ0n) is 13.4. The first kappa shape index (κ1) is 18.5. The highest BCUT2D eigenvalue weighted by atomic mass is 16.8. The molecule has 2 rings (SSSR count). The van der Waals surface area contributed by atoms with Gasteiger partial charge in [-0.1, -0.05) is 12.2 Å². The van der Waals surface area contributed by atoms with Crippen LogP contribution >= 0.6 is 0 Å². The fourth-order valence-electron chi connectivity index (χ4n) is 1.81. The van der Waals surface area contributed by atoms with Gasteiger partial charge in [-0.05, 0) is 0 Å². The van der Waals surface area contributed by atoms with E-state index in [1.54, 1.807) is 12.2 Å². The van der Waals surface area contributed by atoms with Gasteiger partial charge in [-0.25, -0.2) is 0 Å². The molecule has 0 saturated carbocycles. The molecule has 0 aliphatic carbocycles. The Morgan fingerprint density at radius 2 is 1.26 bits per heavy atom. The summed E-state index contributed by atoms with van der Waals surface area (Å²) in [4.78, 5) is 0. The van der Waals surface area contributed by atoms with Crippen LogP contribution in [0.4, 0.5) is 0 Å². The number of ether oxygens (including phenoxy) is 7. The molecule has 7 nitrogen and oxygen atoms in total. The van der Waals surface area contributed by atoms with Crippen molar-refractivity contribution in [3.05, 3.63) is 25.3 Å². The van der Waals surface area contributed by atoms with Crippen molar-refractivity contribution >= 4 is 0 Å². The minimum Gasteiger partial charge on any atom is -0.375 e. The van der Waals surface area contributed by atoms with E-state index in [0.717, 1.165) is 0 Å². The number of hydrogen-bond acceptors (Lipinski definition) is 7. The molecule has 0 bridgehead atoms. The van der Waals surface area contributed by atoms with Crippen LogP contribution in [0.3, 0.4) is 0 Å². The molecule has 2 saturated heterocycles. The van der Waals surface area contributed by atoms with Crippen molar-refractivity contribution in [2.75, 3.05) is 52.9 Å². The zero-order chi connectivity index (χ0) is 16.3. The van der Waals surface area contributed by atoms with Crippen molar-refractivity contribution in [3.63, 3.8) is 0 Å². The van der Waals surface area contributed by atoms with Crippen molar-refractivity contribution in [3.8, 4) is 0 Å². The average molecular weight is 330 g/mol. The SMILES string of the molecule is C=CCOCCOC(OC(OCCOCC=C)C1CO1)C1CO1. The lowest BCUT2D eigenvalue weighted by Gasteiger charge is -2.23. The van der Waals surface area contributed by atoms with Crippen molar-refractivity contribution in [2.24, 2.45) is 0 Å². The molecule has 0 radical (unpaired) electrons. The van der Waals surface area contributed by atoms with E-state index in [2.05, 4.69) is 13.2 Å². The van der Waals surface area contributed by atoms with Crippen LogP contribution < -0.4 is 0 Å². The first-order valence-corrected chi connectivity index (χ1v) is 7.84. The quantitative estimate of drug-likeness (QED) is 0.180. The first-order chi connectivity index (χ1) is 11.3. The van der Waals surface area contributed by atoms with E-state index in [0.29, 0.717) is 52.9 Å². The van der Waals surface area contributed by atoms with Crippen LogP contribution in [-0.2, 0) is 33.2 Å². The predicted octanol–water partition coefficient (Wildman–Crippen LogP) is 0.891. The van der Waals surface area contributed by atoms with E-state index in [1.165, 1.54) is 0 Å². The zero-order valence-corrected chi connectivity index (χ0v) is 13.4. The van der Waals surface area contributed by atoms with Gasteiger partial charge in [-0.2, -0.15) is 0 Å². The molecule has 0 aromatic rings. The molecule has 0 aromatic carbocycles. The molecule has 0 amide bonds. The van der Waals surface area contributed by atoms with Crippen LogP contribution in [0.15, 0.2) is 25.3 Å². The Labute approximate surface area is 137 Å². The molecule has 132 valence electrons. The van der Waals surface area contributed by atoms with Gasteiger partial charge in [0.15, 0.2) is 12.6 Å². The van der Waals surface area contributed by atoms with Crippen LogP contribution in [0, 0.1) is 0 Å². The molecule has 2 aliphatic heterocycles. The summed E-state index contributed by atoms with van der Waals surface area (Å²) in [5.41, 5.74) is 0. The molecule has 4 unspecified atom stereocenters. The molecule has 2 fully saturated rings. The van der Waals surface area contributed by atoms with Gasteiger partial charge >= 0.3 is 0 Å². The van der Waals surface area contributed by atoms with Crippen molar-refractivity contribution in [2.45, 2.75) is 24.8 Å². The van der Waals surface area contributed by atoms with E-state index in [-0.39, 0.29) is 12.2 Å². The lowest BCUT2D eigenvalue weighted by atomic mass is 10.4. The van der Waals surface area contributed by atoms with Crippen LogP contribution in [0.2, 0.25) is 0 Å². The Balaban J connectivity index is 1.65. The second-order valence-electron chi connectivity index (χ2n) is 5.09. The summed E-state index contributed by atoms with van der Waals surface area (Å²) >= 11 is 0. The molecule has 2 heterocycles. The highest BCUT2D eigenvalue weighted by molar-refractivity contribution is 4.79. The van der Waals surface area contributed by atoms with Crippen molar-refractivity contribution in [1.82, 2.24) is 0 Å². The van der Waals surface area contributed by atoms with Gasteiger partial charge in [0.05, 0.1) is 52.9 Å². The van der Waals surface area contributed by atoms with E-state index < -0.39 is 12.6 Å². The summed E-state index contributed by atoms with van der Waals surface area (Å²) in [7, 11) is 0. The van der Waals surface area contributed by atoms with Crippen molar-refractivity contribution in [1.29, 1.82) is 0 Å². The summed E-state index contributed by atoms with van der Waals surface area (Å²) in [6, 6.07) is 0. The Kier molecular flexibility index (Phi) is 8.77. The third-order valence-corrected chi connectivity index (χ3v) is 3.08. The highest BCUT2D eigenvalue weighted by Gasteiger charge is 2.42. The minimum atomic E-state index is -0.481. The topological polar surface area (TPSA) is 71.2 Å². The Hall–Kier alpha value is -0.800. The number of hydrogen-bond donors (Lipinski definition) is 0. The van der Waals surface area contributed by atoms with Gasteiger partial charge < -0.3 is 33.2 Å². The summed E-state index contributed by atoms with van der Waals surface area (Å²) in [5.74, 6) is 0. The lowest BCUT2D eigenvalue weighted by Crippen LogP contribution is -2.35. The average Bonchev–Trinajstić information content (AvgIpc) is 3.43. The second kappa shape index (κ2) is 10.9. The fourth-order valence-corrected chi connectivity index (χ4v) is 1.81. The molecule has 0 N–H and O–H groups in total. The van der Waals surface area contributed by atoms with Gasteiger partial charge in [0.25, 0.3) is 0 Å². The predicted molar refractivity (Wildman–Crippen MR) is 82.1 cm³/mol. The molecule has 0 spiro atoms. The van der Waals surface area contributed by atoms with Crippen molar-refractivity contribution < 1.29 is 33.2 Å². The van der Waals surface area contributed by atoms with Crippen LogP contribution in [0.25, 0.3) is 0 Å². The largest absolute Gasteiger partial charge is 0.375 e. The van der Waals surface area contributed by atoms with E-state index in [1.807, 2.05) is 0 Å². The third kappa shape index (κ3) is 8.03. The van der Waals surface area contributed by atoms with E-state index in [9.17, 15) is 0 Å². The lowest BCUT2D eigenvalue weighted by molar-refractivity contribution is -0.260. The van der Waals surface area contributed by atoms with Gasteiger partial charge in [0.1, 0.15) is 12.2 Å². The summed E-state index contributed by atoms with van der Waals surface area (Å²) < 4.78 is 38.3. The maximum absolute atomic E-state index is 5.87. The third-order valence-electron chi connectivity index (χ3n) is 3.08. The second-order valence-corrected chi connectivity index (χ2v) is 5.09. The summed E-state index contributed by atoms with van der Waals surface area (Å²) in [5, 5.41) is 0. The highest BCUT2D eigenvalue weighted by Crippen LogP contribution is 2.25. The Morgan fingerprint density at radius 3 is 1.61 bits per heavy atom. The molecule has 4 atom stereocenters. The van der Waals surface area contributed by atoms with Crippen LogP contribution in [0.5, 0.6) is 0 Å². The van der Waals surface area contributed by atoms with E-state index in [4.69, 9.17) is 33.2 Å².